The number of unbranched alkanes of at least 4 members (excludes halogenated alkanes) is 2. The van der Waals surface area contributed by atoms with E-state index < -0.39 is 0 Å². The Hall–Kier alpha value is -1.58. The summed E-state index contributed by atoms with van der Waals surface area (Å²) >= 11 is 0. The predicted molar refractivity (Wildman–Crippen MR) is 118 cm³/mol. The Morgan fingerprint density at radius 1 is 0.966 bits per heavy atom. The number of hydrogen-bond donors (Lipinski definition) is 0. The summed E-state index contributed by atoms with van der Waals surface area (Å²) in [5.74, 6) is 0.953. The average Bonchev–Trinajstić information content (AvgIpc) is 2.57. The van der Waals surface area contributed by atoms with Gasteiger partial charge >= 0.3 is 11.9 Å². The maximum absolute atomic E-state index is 11.5. The minimum atomic E-state index is 0.0184. The number of ether oxygens (including phenoxy) is 2. The second kappa shape index (κ2) is 15.3. The van der Waals surface area contributed by atoms with Crippen molar-refractivity contribution in [2.24, 2.45) is 17.8 Å². The fourth-order valence-electron chi connectivity index (χ4n) is 3.05. The third-order valence-corrected chi connectivity index (χ3v) is 5.65. The summed E-state index contributed by atoms with van der Waals surface area (Å²) in [4.78, 5) is 22.7. The van der Waals surface area contributed by atoms with E-state index in [-0.39, 0.29) is 23.8 Å². The van der Waals surface area contributed by atoms with Gasteiger partial charge in [0, 0.05) is 0 Å². The van der Waals surface area contributed by atoms with Gasteiger partial charge in [-0.1, -0.05) is 37.5 Å². The number of rotatable bonds is 12. The number of carbonyl (C=O) groups excluding carboxylic acids is 2. The van der Waals surface area contributed by atoms with Crippen LogP contribution < -0.4 is 0 Å². The van der Waals surface area contributed by atoms with Crippen molar-refractivity contribution in [3.05, 3.63) is 24.3 Å². The molecule has 0 heterocycles. The molecule has 4 heteroatoms. The van der Waals surface area contributed by atoms with E-state index in [1.165, 1.54) is 18.4 Å². The van der Waals surface area contributed by atoms with Crippen LogP contribution in [-0.2, 0) is 19.1 Å². The Labute approximate surface area is 178 Å². The van der Waals surface area contributed by atoms with Gasteiger partial charge in [-0.2, -0.15) is 0 Å². The number of allylic oxidation sites excluding steroid dienone is 3. The second-order valence-corrected chi connectivity index (χ2v) is 8.80. The van der Waals surface area contributed by atoms with Gasteiger partial charge in [0.05, 0.1) is 25.0 Å². The molecule has 2 saturated carbocycles. The van der Waals surface area contributed by atoms with E-state index in [4.69, 9.17) is 9.47 Å². The van der Waals surface area contributed by atoms with E-state index in [9.17, 15) is 9.59 Å². The molecule has 29 heavy (non-hydrogen) atoms. The average molecular weight is 407 g/mol. The highest BCUT2D eigenvalue weighted by atomic mass is 16.5. The molecule has 2 fully saturated rings. The van der Waals surface area contributed by atoms with Crippen molar-refractivity contribution in [1.29, 1.82) is 0 Å². The molecule has 0 spiro atoms. The summed E-state index contributed by atoms with van der Waals surface area (Å²) < 4.78 is 10.4. The van der Waals surface area contributed by atoms with Gasteiger partial charge in [-0.25, -0.2) is 0 Å². The number of esters is 2. The highest BCUT2D eigenvalue weighted by Crippen LogP contribution is 2.28. The molecule has 166 valence electrons. The van der Waals surface area contributed by atoms with Crippen molar-refractivity contribution in [3.63, 3.8) is 0 Å². The van der Waals surface area contributed by atoms with Crippen LogP contribution >= 0.6 is 0 Å². The fraction of sp³-hybridized carbons (Fsp3) is 0.760. The first-order chi connectivity index (χ1) is 13.9. The van der Waals surface area contributed by atoms with E-state index in [1.807, 2.05) is 6.08 Å². The summed E-state index contributed by atoms with van der Waals surface area (Å²) in [5, 5.41) is 0. The molecule has 0 bridgehead atoms. The molecule has 2 rings (SSSR count). The van der Waals surface area contributed by atoms with E-state index in [1.54, 1.807) is 0 Å². The molecular formula is C25H42O4. The van der Waals surface area contributed by atoms with Crippen LogP contribution in [0.3, 0.4) is 0 Å². The van der Waals surface area contributed by atoms with Crippen LogP contribution in [0.4, 0.5) is 0 Å². The minimum absolute atomic E-state index is 0.0184. The van der Waals surface area contributed by atoms with E-state index in [0.717, 1.165) is 57.8 Å². The molecular weight excluding hydrogens is 364 g/mol. The van der Waals surface area contributed by atoms with Gasteiger partial charge in [0.2, 0.25) is 0 Å². The summed E-state index contributed by atoms with van der Waals surface area (Å²) in [6, 6.07) is 0. The highest BCUT2D eigenvalue weighted by molar-refractivity contribution is 5.73. The molecule has 0 aromatic carbocycles. The van der Waals surface area contributed by atoms with Gasteiger partial charge < -0.3 is 9.47 Å². The molecule has 4 nitrogen and oxygen atoms in total. The zero-order valence-electron chi connectivity index (χ0n) is 18.9. The van der Waals surface area contributed by atoms with E-state index in [2.05, 4.69) is 33.4 Å². The van der Waals surface area contributed by atoms with Crippen LogP contribution in [-0.4, -0.2) is 25.2 Å². The molecule has 0 saturated heterocycles. The predicted octanol–water partition coefficient (Wildman–Crippen LogP) is 6.40. The van der Waals surface area contributed by atoms with E-state index >= 15 is 0 Å². The quantitative estimate of drug-likeness (QED) is 0.214. The number of hydrogen-bond acceptors (Lipinski definition) is 4. The topological polar surface area (TPSA) is 52.6 Å². The normalized spacial score (nSPS) is 16.9. The number of carbonyl (C=O) groups is 2. The SMILES string of the molecule is C=CCCCCOC(=O)C1CCC1.CC(C)=CCC[C@@H](C)COC(=O)C1CCC1. The van der Waals surface area contributed by atoms with Gasteiger partial charge in [-0.05, 0) is 77.6 Å². The molecule has 0 amide bonds. The standard InChI is InChI=1S/C14H24O2.C11H18O2/c1-11(2)6-4-7-12(3)10-16-14(15)13-8-5-9-13;1-2-3-4-5-9-13-11(12)10-7-6-8-10/h6,12-13H,4-5,7-10H2,1-3H3;2,10H,1,3-9H2/t12-;/m1./s1. The van der Waals surface area contributed by atoms with Crippen LogP contribution in [0, 0.1) is 17.8 Å². The first-order valence-electron chi connectivity index (χ1n) is 11.5. The second-order valence-electron chi connectivity index (χ2n) is 8.80. The Bertz CT molecular complexity index is 511. The molecule has 2 aliphatic rings. The van der Waals surface area contributed by atoms with Gasteiger partial charge in [-0.3, -0.25) is 9.59 Å². The molecule has 2 aliphatic carbocycles. The van der Waals surface area contributed by atoms with Crippen LogP contribution in [0.5, 0.6) is 0 Å². The van der Waals surface area contributed by atoms with Crippen molar-refractivity contribution in [2.75, 3.05) is 13.2 Å². The zero-order chi connectivity index (χ0) is 21.5. The molecule has 0 aromatic heterocycles. The summed E-state index contributed by atoms with van der Waals surface area (Å²) in [6.07, 6.45) is 15.9. The molecule has 1 atom stereocenters. The Kier molecular flexibility index (Phi) is 13.4. The van der Waals surface area contributed by atoms with Gasteiger partial charge in [-0.15, -0.1) is 6.58 Å². The zero-order valence-corrected chi connectivity index (χ0v) is 18.9. The van der Waals surface area contributed by atoms with Gasteiger partial charge in [0.25, 0.3) is 0 Å². The molecule has 0 aromatic rings. The Balaban J connectivity index is 0.000000296. The van der Waals surface area contributed by atoms with Crippen molar-refractivity contribution in [2.45, 2.75) is 91.4 Å². The van der Waals surface area contributed by atoms with E-state index in [0.29, 0.717) is 19.1 Å². The Morgan fingerprint density at radius 3 is 2.03 bits per heavy atom. The van der Waals surface area contributed by atoms with Crippen LogP contribution in [0.2, 0.25) is 0 Å². The van der Waals surface area contributed by atoms with Crippen molar-refractivity contribution in [3.8, 4) is 0 Å². The lowest BCUT2D eigenvalue weighted by molar-refractivity contribution is -0.153. The Morgan fingerprint density at radius 2 is 1.55 bits per heavy atom. The molecule has 0 N–H and O–H groups in total. The third-order valence-electron chi connectivity index (χ3n) is 5.65. The van der Waals surface area contributed by atoms with Crippen molar-refractivity contribution >= 4 is 11.9 Å². The monoisotopic (exact) mass is 406 g/mol. The maximum Gasteiger partial charge on any atom is 0.308 e. The van der Waals surface area contributed by atoms with Gasteiger partial charge in [0.1, 0.15) is 0 Å². The first kappa shape index (κ1) is 25.5. The fourth-order valence-corrected chi connectivity index (χ4v) is 3.05. The van der Waals surface area contributed by atoms with Crippen molar-refractivity contribution in [1.82, 2.24) is 0 Å². The lowest BCUT2D eigenvalue weighted by atomic mass is 9.86. The lowest BCUT2D eigenvalue weighted by Crippen LogP contribution is -2.25. The first-order valence-corrected chi connectivity index (χ1v) is 11.5. The molecule has 0 aliphatic heterocycles. The van der Waals surface area contributed by atoms with Crippen molar-refractivity contribution < 1.29 is 19.1 Å². The van der Waals surface area contributed by atoms with Gasteiger partial charge in [0.15, 0.2) is 0 Å². The largest absolute Gasteiger partial charge is 0.465 e. The molecule has 0 radical (unpaired) electrons. The summed E-state index contributed by atoms with van der Waals surface area (Å²) in [5.41, 5.74) is 1.36. The minimum Gasteiger partial charge on any atom is -0.465 e. The third kappa shape index (κ3) is 11.9. The highest BCUT2D eigenvalue weighted by Gasteiger charge is 2.27. The smallest absolute Gasteiger partial charge is 0.308 e. The lowest BCUT2D eigenvalue weighted by Gasteiger charge is -2.23. The van der Waals surface area contributed by atoms with Crippen LogP contribution in [0.1, 0.15) is 91.4 Å². The van der Waals surface area contributed by atoms with Crippen LogP contribution in [0.25, 0.3) is 0 Å². The summed E-state index contributed by atoms with van der Waals surface area (Å²) in [6.45, 7) is 11.2. The molecule has 0 unspecified atom stereocenters. The van der Waals surface area contributed by atoms with Crippen LogP contribution in [0.15, 0.2) is 24.3 Å². The maximum atomic E-state index is 11.5. The summed E-state index contributed by atoms with van der Waals surface area (Å²) in [7, 11) is 0.